The number of nitrogen functional groups attached to an aromatic ring is 1. The van der Waals surface area contributed by atoms with Crippen molar-refractivity contribution >= 4 is 12.0 Å². The second-order valence-electron chi connectivity index (χ2n) is 2.31. The van der Waals surface area contributed by atoms with Gasteiger partial charge in [0.15, 0.2) is 17.3 Å². The van der Waals surface area contributed by atoms with Crippen LogP contribution in [0.1, 0.15) is 0 Å². The van der Waals surface area contributed by atoms with Crippen molar-refractivity contribution in [1.82, 2.24) is 4.98 Å². The van der Waals surface area contributed by atoms with Gasteiger partial charge in [-0.1, -0.05) is 0 Å². The van der Waals surface area contributed by atoms with E-state index < -0.39 is 6.16 Å². The van der Waals surface area contributed by atoms with E-state index in [9.17, 15) is 4.79 Å². The molecule has 0 radical (unpaired) electrons. The summed E-state index contributed by atoms with van der Waals surface area (Å²) in [4.78, 5) is 14.5. The number of carbonyl (C=O) groups excluding carboxylic acids is 1. The molecule has 6 heteroatoms. The standard InChI is InChI=1S/C8H10N2O4/c1-12-6-3-5(4-10-7(6)9)14-8(11)13-2/h3-4H,1-2H3,(H2,9,10). The summed E-state index contributed by atoms with van der Waals surface area (Å²) in [6.07, 6.45) is 0.480. The molecule has 0 unspecified atom stereocenters. The SMILES string of the molecule is COC(=O)Oc1cnc(N)c(OC)c1. The van der Waals surface area contributed by atoms with Crippen molar-refractivity contribution in [1.29, 1.82) is 0 Å². The van der Waals surface area contributed by atoms with Gasteiger partial charge in [0.05, 0.1) is 20.4 Å². The third-order valence-corrected chi connectivity index (χ3v) is 1.44. The van der Waals surface area contributed by atoms with Crippen LogP contribution in [0.3, 0.4) is 0 Å². The van der Waals surface area contributed by atoms with Gasteiger partial charge in [-0.2, -0.15) is 0 Å². The van der Waals surface area contributed by atoms with Crippen LogP contribution in [0.2, 0.25) is 0 Å². The van der Waals surface area contributed by atoms with Gasteiger partial charge in [0.1, 0.15) is 0 Å². The van der Waals surface area contributed by atoms with E-state index in [1.165, 1.54) is 26.5 Å². The molecule has 0 spiro atoms. The molecular formula is C8H10N2O4. The van der Waals surface area contributed by atoms with Gasteiger partial charge in [0.2, 0.25) is 0 Å². The minimum Gasteiger partial charge on any atom is -0.493 e. The van der Waals surface area contributed by atoms with Crippen molar-refractivity contribution in [2.45, 2.75) is 0 Å². The lowest BCUT2D eigenvalue weighted by Crippen LogP contribution is -2.08. The molecule has 2 N–H and O–H groups in total. The highest BCUT2D eigenvalue weighted by Gasteiger charge is 2.07. The van der Waals surface area contributed by atoms with Gasteiger partial charge in [-0.05, 0) is 0 Å². The highest BCUT2D eigenvalue weighted by atomic mass is 16.7. The largest absolute Gasteiger partial charge is 0.513 e. The third kappa shape index (κ3) is 2.25. The Labute approximate surface area is 80.6 Å². The van der Waals surface area contributed by atoms with E-state index in [1.54, 1.807) is 0 Å². The highest BCUT2D eigenvalue weighted by molar-refractivity contribution is 5.64. The zero-order valence-electron chi connectivity index (χ0n) is 7.81. The zero-order chi connectivity index (χ0) is 10.6. The van der Waals surface area contributed by atoms with Crippen LogP contribution in [0.4, 0.5) is 10.6 Å². The summed E-state index contributed by atoms with van der Waals surface area (Å²) >= 11 is 0. The zero-order valence-corrected chi connectivity index (χ0v) is 7.81. The minimum absolute atomic E-state index is 0.211. The van der Waals surface area contributed by atoms with Gasteiger partial charge in [-0.25, -0.2) is 9.78 Å². The molecule has 1 aromatic heterocycles. The Morgan fingerprint density at radius 1 is 1.50 bits per heavy atom. The number of methoxy groups -OCH3 is 2. The fourth-order valence-electron chi connectivity index (χ4n) is 0.794. The smallest absolute Gasteiger partial charge is 0.493 e. The Balaban J connectivity index is 2.84. The lowest BCUT2D eigenvalue weighted by Gasteiger charge is -2.05. The van der Waals surface area contributed by atoms with Gasteiger partial charge in [0, 0.05) is 6.07 Å². The van der Waals surface area contributed by atoms with Crippen LogP contribution in [-0.4, -0.2) is 25.4 Å². The molecule has 0 aromatic carbocycles. The molecule has 1 rings (SSSR count). The van der Waals surface area contributed by atoms with Crippen LogP contribution < -0.4 is 15.2 Å². The number of rotatable bonds is 2. The first-order valence-electron chi connectivity index (χ1n) is 3.72. The summed E-state index contributed by atoms with van der Waals surface area (Å²) in [5.41, 5.74) is 5.46. The quantitative estimate of drug-likeness (QED) is 0.708. The average Bonchev–Trinajstić information content (AvgIpc) is 2.20. The van der Waals surface area contributed by atoms with E-state index >= 15 is 0 Å². The summed E-state index contributed by atoms with van der Waals surface area (Å²) in [6.45, 7) is 0. The first kappa shape index (κ1) is 10.1. The van der Waals surface area contributed by atoms with Crippen LogP contribution in [0.15, 0.2) is 12.3 Å². The fourth-order valence-corrected chi connectivity index (χ4v) is 0.794. The molecular weight excluding hydrogens is 188 g/mol. The van der Waals surface area contributed by atoms with E-state index in [2.05, 4.69) is 9.72 Å². The van der Waals surface area contributed by atoms with Crippen LogP contribution >= 0.6 is 0 Å². The molecule has 0 bridgehead atoms. The summed E-state index contributed by atoms with van der Waals surface area (Å²) < 4.78 is 13.9. The van der Waals surface area contributed by atoms with Crippen LogP contribution in [0.25, 0.3) is 0 Å². The van der Waals surface area contributed by atoms with E-state index in [4.69, 9.17) is 15.2 Å². The van der Waals surface area contributed by atoms with Gasteiger partial charge in [-0.15, -0.1) is 0 Å². The van der Waals surface area contributed by atoms with Gasteiger partial charge in [-0.3, -0.25) is 0 Å². The van der Waals surface area contributed by atoms with Gasteiger partial charge >= 0.3 is 6.16 Å². The lowest BCUT2D eigenvalue weighted by atomic mass is 10.4. The summed E-state index contributed by atoms with van der Waals surface area (Å²) in [5, 5.41) is 0. The summed E-state index contributed by atoms with van der Waals surface area (Å²) in [6, 6.07) is 1.44. The summed E-state index contributed by atoms with van der Waals surface area (Å²) in [7, 11) is 2.65. The molecule has 14 heavy (non-hydrogen) atoms. The van der Waals surface area contributed by atoms with Crippen molar-refractivity contribution in [3.63, 3.8) is 0 Å². The Bertz CT molecular complexity index is 340. The second-order valence-corrected chi connectivity index (χ2v) is 2.31. The number of hydrogen-bond donors (Lipinski definition) is 1. The molecule has 0 amide bonds. The third-order valence-electron chi connectivity index (χ3n) is 1.44. The fraction of sp³-hybridized carbons (Fsp3) is 0.250. The molecule has 1 aromatic rings. The maximum atomic E-state index is 10.7. The van der Waals surface area contributed by atoms with Crippen LogP contribution in [-0.2, 0) is 4.74 Å². The predicted octanol–water partition coefficient (Wildman–Crippen LogP) is 0.818. The van der Waals surface area contributed by atoms with Gasteiger partial charge < -0.3 is 19.9 Å². The predicted molar refractivity (Wildman–Crippen MR) is 48.2 cm³/mol. The maximum absolute atomic E-state index is 10.7. The Kier molecular flexibility index (Phi) is 3.11. The first-order chi connectivity index (χ1) is 6.67. The number of hydrogen-bond acceptors (Lipinski definition) is 6. The number of carbonyl (C=O) groups is 1. The van der Waals surface area contributed by atoms with E-state index in [0.29, 0.717) is 5.75 Å². The minimum atomic E-state index is -0.821. The summed E-state index contributed by atoms with van der Waals surface area (Å²) in [5.74, 6) is 0.777. The van der Waals surface area contributed by atoms with Crippen LogP contribution in [0.5, 0.6) is 11.5 Å². The first-order valence-corrected chi connectivity index (χ1v) is 3.72. The lowest BCUT2D eigenvalue weighted by molar-refractivity contribution is 0.121. The number of pyridine rings is 1. The number of anilines is 1. The van der Waals surface area contributed by atoms with Crippen molar-refractivity contribution in [2.75, 3.05) is 20.0 Å². The highest BCUT2D eigenvalue weighted by Crippen LogP contribution is 2.23. The second kappa shape index (κ2) is 4.31. The molecule has 0 saturated carbocycles. The topological polar surface area (TPSA) is 83.7 Å². The molecule has 76 valence electrons. The van der Waals surface area contributed by atoms with Crippen molar-refractivity contribution in [2.24, 2.45) is 0 Å². The number of ether oxygens (including phenoxy) is 3. The number of nitrogens with two attached hydrogens (primary N) is 1. The molecule has 0 aliphatic rings. The molecule has 1 heterocycles. The number of aromatic nitrogens is 1. The molecule has 6 nitrogen and oxygen atoms in total. The molecule has 0 fully saturated rings. The molecule has 0 saturated heterocycles. The van der Waals surface area contributed by atoms with E-state index in [0.717, 1.165) is 0 Å². The molecule has 0 aliphatic carbocycles. The maximum Gasteiger partial charge on any atom is 0.513 e. The van der Waals surface area contributed by atoms with Gasteiger partial charge in [0.25, 0.3) is 0 Å². The Morgan fingerprint density at radius 2 is 2.21 bits per heavy atom. The molecule has 0 atom stereocenters. The Morgan fingerprint density at radius 3 is 2.79 bits per heavy atom. The van der Waals surface area contributed by atoms with E-state index in [1.807, 2.05) is 0 Å². The van der Waals surface area contributed by atoms with Crippen molar-refractivity contribution < 1.29 is 19.0 Å². The van der Waals surface area contributed by atoms with Crippen LogP contribution in [0, 0.1) is 0 Å². The molecule has 0 aliphatic heterocycles. The number of nitrogens with zero attached hydrogens (tertiary/aromatic N) is 1. The Hall–Kier alpha value is -1.98. The average molecular weight is 198 g/mol. The normalized spacial score (nSPS) is 9.29. The monoisotopic (exact) mass is 198 g/mol. The van der Waals surface area contributed by atoms with Crippen molar-refractivity contribution in [3.05, 3.63) is 12.3 Å². The van der Waals surface area contributed by atoms with Crippen molar-refractivity contribution in [3.8, 4) is 11.5 Å². The van der Waals surface area contributed by atoms with E-state index in [-0.39, 0.29) is 11.6 Å².